The second-order valence-corrected chi connectivity index (χ2v) is 4.77. The average Bonchev–Trinajstić information content (AvgIpc) is 2.52. The Morgan fingerprint density at radius 3 is 2.20 bits per heavy atom. The summed E-state index contributed by atoms with van der Waals surface area (Å²) >= 11 is 0. The first-order valence-electron chi connectivity index (χ1n) is 7.35. The van der Waals surface area contributed by atoms with Gasteiger partial charge in [0.15, 0.2) is 0 Å². The Labute approximate surface area is 122 Å². The number of amides is 1. The van der Waals surface area contributed by atoms with Crippen LogP contribution in [0.2, 0.25) is 0 Å². The molecule has 0 aliphatic carbocycles. The van der Waals surface area contributed by atoms with Crippen molar-refractivity contribution in [3.05, 3.63) is 35.9 Å². The van der Waals surface area contributed by atoms with Crippen LogP contribution >= 0.6 is 0 Å². The third-order valence-electron chi connectivity index (χ3n) is 3.50. The van der Waals surface area contributed by atoms with E-state index in [0.29, 0.717) is 0 Å². The molecule has 0 radical (unpaired) electrons. The van der Waals surface area contributed by atoms with Crippen molar-refractivity contribution in [2.45, 2.75) is 19.8 Å². The van der Waals surface area contributed by atoms with Gasteiger partial charge in [0, 0.05) is 26.2 Å². The Balaban J connectivity index is 0.000000956. The van der Waals surface area contributed by atoms with E-state index in [9.17, 15) is 9.90 Å². The van der Waals surface area contributed by atoms with E-state index in [0.717, 1.165) is 31.7 Å². The van der Waals surface area contributed by atoms with Gasteiger partial charge in [0.1, 0.15) is 0 Å². The Bertz CT molecular complexity index is 387. The molecule has 20 heavy (non-hydrogen) atoms. The highest BCUT2D eigenvalue weighted by molar-refractivity contribution is 5.84. The van der Waals surface area contributed by atoms with Crippen LogP contribution < -0.4 is 0 Å². The van der Waals surface area contributed by atoms with Gasteiger partial charge < -0.3 is 14.9 Å². The lowest BCUT2D eigenvalue weighted by atomic mass is 9.98. The number of nitrogens with zero attached hydrogens (tertiary/aromatic N) is 2. The van der Waals surface area contributed by atoms with Crippen molar-refractivity contribution in [2.75, 3.05) is 39.8 Å². The molecule has 0 saturated carbocycles. The molecule has 112 valence electrons. The predicted molar refractivity (Wildman–Crippen MR) is 81.7 cm³/mol. The van der Waals surface area contributed by atoms with Crippen molar-refractivity contribution in [1.29, 1.82) is 0 Å². The van der Waals surface area contributed by atoms with Gasteiger partial charge >= 0.3 is 0 Å². The van der Waals surface area contributed by atoms with Crippen LogP contribution in [0.3, 0.4) is 0 Å². The molecule has 0 bridgehead atoms. The summed E-state index contributed by atoms with van der Waals surface area (Å²) < 4.78 is 0. The molecule has 0 spiro atoms. The molecule has 4 nitrogen and oxygen atoms in total. The lowest BCUT2D eigenvalue weighted by molar-refractivity contribution is -0.135. The number of likely N-dealkylation sites (N-methyl/N-ethyl adjacent to an activating group) is 1. The van der Waals surface area contributed by atoms with Crippen molar-refractivity contribution < 1.29 is 9.90 Å². The second-order valence-electron chi connectivity index (χ2n) is 4.77. The zero-order chi connectivity index (χ0) is 15.0. The molecule has 1 aromatic rings. The lowest BCUT2D eigenvalue weighted by Gasteiger charge is -2.34. The SMILES string of the molecule is CC.CN1CCN(C(=O)C(CO)c2ccccc2)CC1. The summed E-state index contributed by atoms with van der Waals surface area (Å²) in [5, 5.41) is 9.47. The largest absolute Gasteiger partial charge is 0.395 e. The van der Waals surface area contributed by atoms with Gasteiger partial charge in [0.25, 0.3) is 0 Å². The van der Waals surface area contributed by atoms with E-state index in [1.54, 1.807) is 0 Å². The Hall–Kier alpha value is -1.39. The number of rotatable bonds is 3. The Morgan fingerprint density at radius 1 is 1.15 bits per heavy atom. The van der Waals surface area contributed by atoms with Crippen molar-refractivity contribution in [2.24, 2.45) is 0 Å². The number of piperazine rings is 1. The molecule has 1 saturated heterocycles. The number of carbonyl (C=O) groups is 1. The quantitative estimate of drug-likeness (QED) is 0.912. The van der Waals surface area contributed by atoms with Gasteiger partial charge in [-0.15, -0.1) is 0 Å². The monoisotopic (exact) mass is 278 g/mol. The molecule has 1 aliphatic rings. The summed E-state index contributed by atoms with van der Waals surface area (Å²) in [5.74, 6) is -0.383. The van der Waals surface area contributed by atoms with E-state index in [-0.39, 0.29) is 12.5 Å². The standard InChI is InChI=1S/C14H20N2O2.C2H6/c1-15-7-9-16(10-8-15)14(18)13(11-17)12-5-3-2-4-6-12;1-2/h2-6,13,17H,7-11H2,1H3;1-2H3. The van der Waals surface area contributed by atoms with E-state index in [1.165, 1.54) is 0 Å². The minimum absolute atomic E-state index is 0.0387. The number of hydrogen-bond acceptors (Lipinski definition) is 3. The molecule has 4 heteroatoms. The topological polar surface area (TPSA) is 43.8 Å². The van der Waals surface area contributed by atoms with Gasteiger partial charge in [-0.1, -0.05) is 44.2 Å². The second kappa shape index (κ2) is 8.72. The highest BCUT2D eigenvalue weighted by Gasteiger charge is 2.27. The van der Waals surface area contributed by atoms with Crippen molar-refractivity contribution >= 4 is 5.91 Å². The van der Waals surface area contributed by atoms with E-state index < -0.39 is 5.92 Å². The lowest BCUT2D eigenvalue weighted by Crippen LogP contribution is -2.49. The van der Waals surface area contributed by atoms with Gasteiger partial charge in [0.2, 0.25) is 5.91 Å². The van der Waals surface area contributed by atoms with Gasteiger partial charge in [0.05, 0.1) is 12.5 Å². The molecular weight excluding hydrogens is 252 g/mol. The Kier molecular flexibility index (Phi) is 7.26. The minimum atomic E-state index is -0.422. The first-order valence-corrected chi connectivity index (χ1v) is 7.35. The van der Waals surface area contributed by atoms with E-state index >= 15 is 0 Å². The van der Waals surface area contributed by atoms with Crippen molar-refractivity contribution in [3.63, 3.8) is 0 Å². The third kappa shape index (κ3) is 4.32. The number of hydrogen-bond donors (Lipinski definition) is 1. The number of aliphatic hydroxyl groups is 1. The fourth-order valence-electron chi connectivity index (χ4n) is 2.26. The number of aliphatic hydroxyl groups excluding tert-OH is 1. The average molecular weight is 278 g/mol. The first kappa shape index (κ1) is 16.7. The van der Waals surface area contributed by atoms with Gasteiger partial charge in [-0.2, -0.15) is 0 Å². The molecule has 1 N–H and O–H groups in total. The number of benzene rings is 1. The van der Waals surface area contributed by atoms with E-state index in [4.69, 9.17) is 0 Å². The van der Waals surface area contributed by atoms with Crippen LogP contribution in [0.4, 0.5) is 0 Å². The first-order chi connectivity index (χ1) is 9.72. The number of carbonyl (C=O) groups excluding carboxylic acids is 1. The zero-order valence-corrected chi connectivity index (χ0v) is 12.7. The predicted octanol–water partition coefficient (Wildman–Crippen LogP) is 1.56. The summed E-state index contributed by atoms with van der Waals surface area (Å²) in [5.41, 5.74) is 0.893. The third-order valence-corrected chi connectivity index (χ3v) is 3.50. The maximum atomic E-state index is 12.4. The van der Waals surface area contributed by atoms with E-state index in [2.05, 4.69) is 11.9 Å². The van der Waals surface area contributed by atoms with Crippen LogP contribution in [0, 0.1) is 0 Å². The summed E-state index contributed by atoms with van der Waals surface area (Å²) in [6.45, 7) is 7.17. The van der Waals surface area contributed by atoms with Gasteiger partial charge in [-0.05, 0) is 12.6 Å². The van der Waals surface area contributed by atoms with Gasteiger partial charge in [-0.25, -0.2) is 0 Å². The molecular formula is C16H26N2O2. The van der Waals surface area contributed by atoms with Crippen LogP contribution in [0.15, 0.2) is 30.3 Å². The summed E-state index contributed by atoms with van der Waals surface area (Å²) in [7, 11) is 2.06. The smallest absolute Gasteiger partial charge is 0.232 e. The maximum absolute atomic E-state index is 12.4. The van der Waals surface area contributed by atoms with Crippen molar-refractivity contribution in [3.8, 4) is 0 Å². The molecule has 1 amide bonds. The van der Waals surface area contributed by atoms with Gasteiger partial charge in [-0.3, -0.25) is 4.79 Å². The fraction of sp³-hybridized carbons (Fsp3) is 0.562. The maximum Gasteiger partial charge on any atom is 0.232 e. The molecule has 1 aromatic carbocycles. The normalized spacial score (nSPS) is 17.1. The highest BCUT2D eigenvalue weighted by Crippen LogP contribution is 2.18. The summed E-state index contributed by atoms with van der Waals surface area (Å²) in [6, 6.07) is 9.51. The molecule has 1 atom stereocenters. The molecule has 1 aliphatic heterocycles. The molecule has 0 aromatic heterocycles. The molecule has 2 rings (SSSR count). The summed E-state index contributed by atoms with van der Waals surface area (Å²) in [4.78, 5) is 16.4. The van der Waals surface area contributed by atoms with Crippen LogP contribution in [-0.4, -0.2) is 60.6 Å². The van der Waals surface area contributed by atoms with Crippen LogP contribution in [0.25, 0.3) is 0 Å². The molecule has 1 unspecified atom stereocenters. The van der Waals surface area contributed by atoms with Crippen molar-refractivity contribution in [1.82, 2.24) is 9.80 Å². The van der Waals surface area contributed by atoms with Crippen LogP contribution in [0.1, 0.15) is 25.3 Å². The summed E-state index contributed by atoms with van der Waals surface area (Å²) in [6.07, 6.45) is 0. The molecule has 1 heterocycles. The van der Waals surface area contributed by atoms with Crippen LogP contribution in [0.5, 0.6) is 0 Å². The van der Waals surface area contributed by atoms with Crippen LogP contribution in [-0.2, 0) is 4.79 Å². The Morgan fingerprint density at radius 2 is 1.70 bits per heavy atom. The molecule has 1 fully saturated rings. The van der Waals surface area contributed by atoms with E-state index in [1.807, 2.05) is 49.1 Å². The highest BCUT2D eigenvalue weighted by atomic mass is 16.3. The zero-order valence-electron chi connectivity index (χ0n) is 12.7. The fourth-order valence-corrected chi connectivity index (χ4v) is 2.26. The minimum Gasteiger partial charge on any atom is -0.395 e.